The van der Waals surface area contributed by atoms with Crippen molar-refractivity contribution in [1.29, 1.82) is 0 Å². The van der Waals surface area contributed by atoms with Gasteiger partial charge in [-0.25, -0.2) is 19.3 Å². The Morgan fingerprint density at radius 3 is 2.75 bits per heavy atom. The van der Waals surface area contributed by atoms with Crippen molar-refractivity contribution >= 4 is 42.3 Å². The van der Waals surface area contributed by atoms with Crippen molar-refractivity contribution in [1.82, 2.24) is 29.2 Å². The number of ether oxygens (including phenoxy) is 2. The number of halogens is 2. The van der Waals surface area contributed by atoms with Gasteiger partial charge in [0.15, 0.2) is 5.65 Å². The Bertz CT molecular complexity index is 1400. The van der Waals surface area contributed by atoms with E-state index >= 15 is 0 Å². The van der Waals surface area contributed by atoms with Gasteiger partial charge in [-0.3, -0.25) is 9.20 Å². The van der Waals surface area contributed by atoms with Crippen LogP contribution in [-0.2, 0) is 16.2 Å². The maximum atomic E-state index is 13.7. The minimum atomic E-state index is -1.24. The minimum Gasteiger partial charge on any atom is -0.383 e. The fourth-order valence-electron chi connectivity index (χ4n) is 3.78. The summed E-state index contributed by atoms with van der Waals surface area (Å²) in [4.78, 5) is 26.9. The first-order valence-electron chi connectivity index (χ1n) is 11.6. The molecule has 4 aromatic rings. The van der Waals surface area contributed by atoms with Crippen molar-refractivity contribution in [2.75, 3.05) is 20.3 Å². The highest BCUT2D eigenvalue weighted by Gasteiger charge is 2.22. The number of nitrogens with one attached hydrogen (secondary N) is 1. The Labute approximate surface area is 214 Å². The highest BCUT2D eigenvalue weighted by Crippen LogP contribution is 2.28. The van der Waals surface area contributed by atoms with Gasteiger partial charge in [0.05, 0.1) is 23.9 Å². The van der Waals surface area contributed by atoms with E-state index in [-0.39, 0.29) is 24.0 Å². The number of hydrogen-bond acceptors (Lipinski definition) is 6. The summed E-state index contributed by atoms with van der Waals surface area (Å²) in [6, 6.07) is 3.73. The zero-order chi connectivity index (χ0) is 26.0. The smallest absolute Gasteiger partial charge is 0.255 e. The molecule has 4 rings (SSSR count). The Morgan fingerprint density at radius 1 is 1.25 bits per heavy atom. The third kappa shape index (κ3) is 5.75. The summed E-state index contributed by atoms with van der Waals surface area (Å²) in [5, 5.41) is 3.02. The van der Waals surface area contributed by atoms with Crippen LogP contribution in [0, 0.1) is 5.82 Å². The normalized spacial score (nSPS) is 13.0. The molecule has 0 unspecified atom stereocenters. The number of methoxy groups -OCH3 is 1. The van der Waals surface area contributed by atoms with E-state index in [4.69, 9.17) is 26.1 Å². The maximum absolute atomic E-state index is 13.7. The number of nitrogens with zero attached hydrogens (tertiary/aromatic N) is 5. The van der Waals surface area contributed by atoms with Crippen molar-refractivity contribution < 1.29 is 18.7 Å². The Hall–Kier alpha value is -2.86. The maximum Gasteiger partial charge on any atom is 0.255 e. The second-order valence-electron chi connectivity index (χ2n) is 9.95. The molecule has 0 bridgehead atoms. The first-order valence-corrected chi connectivity index (χ1v) is 15.7. The van der Waals surface area contributed by atoms with E-state index in [0.29, 0.717) is 46.8 Å². The summed E-state index contributed by atoms with van der Waals surface area (Å²) >= 11 is 6.24. The van der Waals surface area contributed by atoms with Crippen LogP contribution >= 0.6 is 11.6 Å². The van der Waals surface area contributed by atoms with Gasteiger partial charge in [0.25, 0.3) is 5.91 Å². The summed E-state index contributed by atoms with van der Waals surface area (Å²) in [6.45, 7) is 9.97. The SMILES string of the molecule is COC[C@H](C)NC(=O)c1cn(COCC[Si](C)(C)C)c2ncc(-c3nc(Cl)n4cc(F)ccc34)nc12. The molecular formula is C24H30ClFN6O3Si. The zero-order valence-electron chi connectivity index (χ0n) is 21.0. The molecule has 4 aromatic heterocycles. The number of fused-ring (bicyclic) bond motifs is 2. The topological polar surface area (TPSA) is 95.6 Å². The number of amides is 1. The van der Waals surface area contributed by atoms with Gasteiger partial charge in [0, 0.05) is 40.2 Å². The summed E-state index contributed by atoms with van der Waals surface area (Å²) in [7, 11) is 0.341. The molecule has 0 aliphatic heterocycles. The van der Waals surface area contributed by atoms with Crippen molar-refractivity contribution in [3.05, 3.63) is 47.4 Å². The Morgan fingerprint density at radius 2 is 2.03 bits per heavy atom. The molecule has 0 aliphatic carbocycles. The monoisotopic (exact) mass is 532 g/mol. The molecule has 1 N–H and O–H groups in total. The van der Waals surface area contributed by atoms with Crippen LogP contribution in [0.5, 0.6) is 0 Å². The minimum absolute atomic E-state index is 0.0983. The van der Waals surface area contributed by atoms with Gasteiger partial charge in [-0.1, -0.05) is 19.6 Å². The van der Waals surface area contributed by atoms with Crippen LogP contribution in [0.1, 0.15) is 17.3 Å². The molecule has 0 saturated heterocycles. The number of carbonyl (C=O) groups excluding carboxylic acids is 1. The standard InChI is InChI=1S/C24H30ClFN6O3Si/c1-15(13-34-2)28-23(33)17-12-31(14-35-8-9-36(3,4)5)22-20(17)29-18(10-27-22)21-19-7-6-16(26)11-32(19)24(25)30-21/h6-7,10-12,15H,8-9,13-14H2,1-5H3,(H,28,33)/t15-/m0/s1. The Kier molecular flexibility index (Phi) is 7.74. The lowest BCUT2D eigenvalue weighted by atomic mass is 10.2. The van der Waals surface area contributed by atoms with Crippen LogP contribution in [0.25, 0.3) is 28.1 Å². The lowest BCUT2D eigenvalue weighted by Gasteiger charge is -2.15. The van der Waals surface area contributed by atoms with E-state index in [9.17, 15) is 9.18 Å². The second kappa shape index (κ2) is 10.6. The molecule has 0 saturated carbocycles. The predicted octanol–water partition coefficient (Wildman–Crippen LogP) is 4.62. The summed E-state index contributed by atoms with van der Waals surface area (Å²) in [5.74, 6) is -0.739. The molecule has 1 amide bonds. The molecule has 192 valence electrons. The third-order valence-electron chi connectivity index (χ3n) is 5.63. The van der Waals surface area contributed by atoms with Gasteiger partial charge in [-0.05, 0) is 36.7 Å². The largest absolute Gasteiger partial charge is 0.383 e. The zero-order valence-corrected chi connectivity index (χ0v) is 22.8. The Balaban J connectivity index is 1.73. The lowest BCUT2D eigenvalue weighted by molar-refractivity contribution is 0.0881. The second-order valence-corrected chi connectivity index (χ2v) is 15.9. The fourth-order valence-corrected chi connectivity index (χ4v) is 4.76. The van der Waals surface area contributed by atoms with Gasteiger partial charge in [0.2, 0.25) is 5.28 Å². The van der Waals surface area contributed by atoms with E-state index in [1.165, 1.54) is 16.7 Å². The van der Waals surface area contributed by atoms with Gasteiger partial charge in [-0.2, -0.15) is 0 Å². The van der Waals surface area contributed by atoms with Crippen LogP contribution in [-0.4, -0.2) is 64.3 Å². The molecule has 0 fully saturated rings. The number of imidazole rings is 1. The fraction of sp³-hybridized carbons (Fsp3) is 0.417. The number of carbonyl (C=O) groups is 1. The van der Waals surface area contributed by atoms with Gasteiger partial charge in [0.1, 0.15) is 29.5 Å². The molecule has 0 aromatic carbocycles. The van der Waals surface area contributed by atoms with Crippen molar-refractivity contribution in [3.8, 4) is 11.4 Å². The van der Waals surface area contributed by atoms with Gasteiger partial charge >= 0.3 is 0 Å². The number of pyridine rings is 1. The van der Waals surface area contributed by atoms with E-state index < -0.39 is 13.9 Å². The summed E-state index contributed by atoms with van der Waals surface area (Å²) in [6.07, 6.45) is 4.52. The number of rotatable bonds is 10. The molecular weight excluding hydrogens is 503 g/mol. The summed E-state index contributed by atoms with van der Waals surface area (Å²) < 4.78 is 28.0. The highest BCUT2D eigenvalue weighted by atomic mass is 35.5. The molecule has 0 spiro atoms. The van der Waals surface area contributed by atoms with E-state index in [2.05, 4.69) is 34.9 Å². The molecule has 9 nitrogen and oxygen atoms in total. The van der Waals surface area contributed by atoms with Crippen LogP contribution in [0.4, 0.5) is 4.39 Å². The summed E-state index contributed by atoms with van der Waals surface area (Å²) in [5.41, 5.74) is 2.70. The lowest BCUT2D eigenvalue weighted by Crippen LogP contribution is -2.35. The average molecular weight is 533 g/mol. The van der Waals surface area contributed by atoms with Crippen molar-refractivity contribution in [3.63, 3.8) is 0 Å². The first-order chi connectivity index (χ1) is 17.1. The highest BCUT2D eigenvalue weighted by molar-refractivity contribution is 6.76. The van der Waals surface area contributed by atoms with E-state index in [1.807, 2.05) is 6.92 Å². The molecule has 36 heavy (non-hydrogen) atoms. The molecule has 12 heteroatoms. The molecule has 0 radical (unpaired) electrons. The van der Waals surface area contributed by atoms with Crippen molar-refractivity contribution in [2.45, 2.75) is 45.4 Å². The van der Waals surface area contributed by atoms with E-state index in [1.54, 1.807) is 30.1 Å². The molecule has 0 aliphatic rings. The third-order valence-corrected chi connectivity index (χ3v) is 7.60. The number of hydrogen-bond donors (Lipinski definition) is 1. The van der Waals surface area contributed by atoms with Crippen LogP contribution in [0.3, 0.4) is 0 Å². The molecule has 1 atom stereocenters. The number of aromatic nitrogens is 5. The quantitative estimate of drug-likeness (QED) is 0.236. The van der Waals surface area contributed by atoms with Gasteiger partial charge < -0.3 is 19.4 Å². The van der Waals surface area contributed by atoms with E-state index in [0.717, 1.165) is 6.04 Å². The van der Waals surface area contributed by atoms with Crippen LogP contribution in [0.2, 0.25) is 31.0 Å². The predicted molar refractivity (Wildman–Crippen MR) is 140 cm³/mol. The van der Waals surface area contributed by atoms with Gasteiger partial charge in [-0.15, -0.1) is 0 Å². The van der Waals surface area contributed by atoms with Crippen molar-refractivity contribution in [2.24, 2.45) is 0 Å². The van der Waals surface area contributed by atoms with Crippen LogP contribution in [0.15, 0.2) is 30.7 Å². The molecule has 4 heterocycles. The average Bonchev–Trinajstić information content (AvgIpc) is 3.33. The first kappa shape index (κ1) is 26.2. The van der Waals surface area contributed by atoms with Crippen LogP contribution < -0.4 is 5.32 Å².